The van der Waals surface area contributed by atoms with Crippen molar-refractivity contribution in [1.82, 2.24) is 9.29 Å². The molecule has 0 bridgehead atoms. The van der Waals surface area contributed by atoms with Gasteiger partial charge in [-0.05, 0) is 43.3 Å². The highest BCUT2D eigenvalue weighted by atomic mass is 32.2. The highest BCUT2D eigenvalue weighted by molar-refractivity contribution is 7.89. The average Bonchev–Trinajstić information content (AvgIpc) is 2.69. The monoisotopic (exact) mass is 372 g/mol. The van der Waals surface area contributed by atoms with Crippen molar-refractivity contribution in [2.24, 2.45) is 0 Å². The summed E-state index contributed by atoms with van der Waals surface area (Å²) in [6.07, 6.45) is 1.64. The number of rotatable bonds is 5. The molecule has 0 unspecified atom stereocenters. The Morgan fingerprint density at radius 1 is 1.15 bits per heavy atom. The number of hydrogen-bond acceptors (Lipinski definition) is 6. The molecule has 0 saturated carbocycles. The molecule has 1 aromatic carbocycles. The fourth-order valence-corrected chi connectivity index (χ4v) is 4.32. The maximum Gasteiger partial charge on any atom is 0.243 e. The van der Waals surface area contributed by atoms with Crippen LogP contribution in [-0.2, 0) is 10.0 Å². The van der Waals surface area contributed by atoms with Crippen LogP contribution in [0, 0.1) is 11.3 Å². The number of piperazine rings is 1. The average molecular weight is 372 g/mol. The summed E-state index contributed by atoms with van der Waals surface area (Å²) in [5, 5.41) is 9.21. The number of aromatic nitrogens is 1. The van der Waals surface area contributed by atoms with Crippen LogP contribution in [0.2, 0.25) is 0 Å². The van der Waals surface area contributed by atoms with Crippen molar-refractivity contribution in [3.05, 3.63) is 48.2 Å². The zero-order valence-electron chi connectivity index (χ0n) is 14.5. The first-order valence-electron chi connectivity index (χ1n) is 8.39. The molecule has 1 aliphatic rings. The highest BCUT2D eigenvalue weighted by Gasteiger charge is 2.29. The van der Waals surface area contributed by atoms with Crippen molar-refractivity contribution in [1.29, 1.82) is 5.26 Å². The van der Waals surface area contributed by atoms with Gasteiger partial charge in [-0.15, -0.1) is 0 Å². The van der Waals surface area contributed by atoms with Gasteiger partial charge in [0.1, 0.15) is 17.6 Å². The summed E-state index contributed by atoms with van der Waals surface area (Å²) in [6, 6.07) is 12.0. The molecule has 8 heteroatoms. The summed E-state index contributed by atoms with van der Waals surface area (Å²) in [7, 11) is -3.55. The van der Waals surface area contributed by atoms with Crippen molar-refractivity contribution >= 4 is 15.8 Å². The van der Waals surface area contributed by atoms with Gasteiger partial charge in [0, 0.05) is 32.4 Å². The van der Waals surface area contributed by atoms with Gasteiger partial charge in [-0.1, -0.05) is 0 Å². The molecular weight excluding hydrogens is 352 g/mol. The van der Waals surface area contributed by atoms with Gasteiger partial charge in [0.05, 0.1) is 17.1 Å². The number of benzene rings is 1. The number of hydrogen-bond donors (Lipinski definition) is 0. The first kappa shape index (κ1) is 18.2. The van der Waals surface area contributed by atoms with E-state index in [9.17, 15) is 13.7 Å². The molecule has 0 aliphatic carbocycles. The molecular formula is C18H20N4O3S. The molecule has 3 rings (SSSR count). The van der Waals surface area contributed by atoms with Crippen LogP contribution in [0.25, 0.3) is 0 Å². The van der Waals surface area contributed by atoms with Crippen LogP contribution in [0.15, 0.2) is 47.5 Å². The van der Waals surface area contributed by atoms with E-state index in [2.05, 4.69) is 11.1 Å². The van der Waals surface area contributed by atoms with Crippen LogP contribution in [0.1, 0.15) is 12.5 Å². The molecule has 1 fully saturated rings. The Bertz CT molecular complexity index is 899. The quantitative estimate of drug-likeness (QED) is 0.796. The molecule has 0 amide bonds. The first-order valence-corrected chi connectivity index (χ1v) is 9.83. The molecule has 1 aromatic heterocycles. The number of nitriles is 1. The van der Waals surface area contributed by atoms with Crippen LogP contribution < -0.4 is 9.64 Å². The fourth-order valence-electron chi connectivity index (χ4n) is 2.90. The predicted octanol–water partition coefficient (Wildman–Crippen LogP) is 1.86. The Kier molecular flexibility index (Phi) is 5.40. The van der Waals surface area contributed by atoms with Gasteiger partial charge in [-0.3, -0.25) is 0 Å². The minimum Gasteiger partial charge on any atom is -0.494 e. The predicted molar refractivity (Wildman–Crippen MR) is 97.5 cm³/mol. The van der Waals surface area contributed by atoms with Gasteiger partial charge in [-0.25, -0.2) is 13.4 Å². The SMILES string of the molecule is CCOc1ccc(S(=O)(=O)N2CCN(c3ncccc3C#N)CC2)cc1. The zero-order valence-corrected chi connectivity index (χ0v) is 15.3. The van der Waals surface area contributed by atoms with Crippen molar-refractivity contribution in [2.45, 2.75) is 11.8 Å². The summed E-state index contributed by atoms with van der Waals surface area (Å²) in [5.74, 6) is 1.25. The summed E-state index contributed by atoms with van der Waals surface area (Å²) >= 11 is 0. The molecule has 0 N–H and O–H groups in total. The Labute approximate surface area is 153 Å². The largest absolute Gasteiger partial charge is 0.494 e. The summed E-state index contributed by atoms with van der Waals surface area (Å²) in [6.45, 7) is 4.08. The van der Waals surface area contributed by atoms with Crippen LogP contribution in [0.5, 0.6) is 5.75 Å². The topological polar surface area (TPSA) is 86.5 Å². The van der Waals surface area contributed by atoms with Gasteiger partial charge in [0.15, 0.2) is 0 Å². The van der Waals surface area contributed by atoms with E-state index in [0.29, 0.717) is 49.9 Å². The first-order chi connectivity index (χ1) is 12.6. The second-order valence-corrected chi connectivity index (χ2v) is 7.72. The minimum absolute atomic E-state index is 0.255. The number of ether oxygens (including phenoxy) is 1. The molecule has 1 aliphatic heterocycles. The third kappa shape index (κ3) is 3.64. The summed E-state index contributed by atoms with van der Waals surface area (Å²) in [5.41, 5.74) is 0.496. The molecule has 1 saturated heterocycles. The van der Waals surface area contributed by atoms with E-state index in [1.54, 1.807) is 42.6 Å². The van der Waals surface area contributed by atoms with Gasteiger partial charge >= 0.3 is 0 Å². The van der Waals surface area contributed by atoms with E-state index >= 15 is 0 Å². The van der Waals surface area contributed by atoms with E-state index in [4.69, 9.17) is 4.74 Å². The number of nitrogens with zero attached hydrogens (tertiary/aromatic N) is 4. The second-order valence-electron chi connectivity index (χ2n) is 5.78. The Hall–Kier alpha value is -2.63. The van der Waals surface area contributed by atoms with Crippen molar-refractivity contribution < 1.29 is 13.2 Å². The van der Waals surface area contributed by atoms with E-state index in [0.717, 1.165) is 0 Å². The normalized spacial score (nSPS) is 15.5. The van der Waals surface area contributed by atoms with Crippen LogP contribution >= 0.6 is 0 Å². The van der Waals surface area contributed by atoms with Gasteiger partial charge in [-0.2, -0.15) is 9.57 Å². The van der Waals surface area contributed by atoms with E-state index in [1.807, 2.05) is 11.8 Å². The van der Waals surface area contributed by atoms with Gasteiger partial charge in [0.2, 0.25) is 10.0 Å². The standard InChI is InChI=1S/C18H20N4O3S/c1-2-25-16-5-7-17(8-6-16)26(23,24)22-12-10-21(11-13-22)18-15(14-19)4-3-9-20-18/h3-9H,2,10-13H2,1H3. The molecule has 136 valence electrons. The number of sulfonamides is 1. The molecule has 26 heavy (non-hydrogen) atoms. The third-order valence-electron chi connectivity index (χ3n) is 4.22. The summed E-state index contributed by atoms with van der Waals surface area (Å²) in [4.78, 5) is 6.47. The summed E-state index contributed by atoms with van der Waals surface area (Å²) < 4.78 is 32.5. The Morgan fingerprint density at radius 2 is 1.85 bits per heavy atom. The lowest BCUT2D eigenvalue weighted by atomic mass is 10.2. The lowest BCUT2D eigenvalue weighted by Crippen LogP contribution is -2.49. The minimum atomic E-state index is -3.55. The number of pyridine rings is 1. The smallest absolute Gasteiger partial charge is 0.243 e. The van der Waals surface area contributed by atoms with Crippen molar-refractivity contribution in [3.63, 3.8) is 0 Å². The fraction of sp³-hybridized carbons (Fsp3) is 0.333. The zero-order chi connectivity index (χ0) is 18.6. The van der Waals surface area contributed by atoms with Crippen LogP contribution in [-0.4, -0.2) is 50.5 Å². The maximum atomic E-state index is 12.8. The van der Waals surface area contributed by atoms with Crippen molar-refractivity contribution in [3.8, 4) is 11.8 Å². The van der Waals surface area contributed by atoms with Crippen LogP contribution in [0.4, 0.5) is 5.82 Å². The Balaban J connectivity index is 1.71. The Morgan fingerprint density at radius 3 is 2.46 bits per heavy atom. The molecule has 2 heterocycles. The van der Waals surface area contributed by atoms with E-state index in [1.165, 1.54) is 4.31 Å². The molecule has 0 radical (unpaired) electrons. The highest BCUT2D eigenvalue weighted by Crippen LogP contribution is 2.23. The maximum absolute atomic E-state index is 12.8. The lowest BCUT2D eigenvalue weighted by molar-refractivity contribution is 0.340. The second kappa shape index (κ2) is 7.72. The molecule has 0 spiro atoms. The van der Waals surface area contributed by atoms with Gasteiger partial charge < -0.3 is 9.64 Å². The van der Waals surface area contributed by atoms with Crippen molar-refractivity contribution in [2.75, 3.05) is 37.7 Å². The van der Waals surface area contributed by atoms with E-state index in [-0.39, 0.29) is 4.90 Å². The lowest BCUT2D eigenvalue weighted by Gasteiger charge is -2.34. The van der Waals surface area contributed by atoms with E-state index < -0.39 is 10.0 Å². The van der Waals surface area contributed by atoms with Gasteiger partial charge in [0.25, 0.3) is 0 Å². The molecule has 2 aromatic rings. The molecule has 0 atom stereocenters. The molecule has 7 nitrogen and oxygen atoms in total. The third-order valence-corrected chi connectivity index (χ3v) is 6.13. The van der Waals surface area contributed by atoms with Crippen LogP contribution in [0.3, 0.4) is 0 Å². The number of anilines is 1.